The largest absolute Gasteiger partial charge is 0.352 e. The number of hydrogen-bond donors (Lipinski definition) is 4. The second kappa shape index (κ2) is 10.8. The smallest absolute Gasteiger partial charge is 0.220 e. The maximum atomic E-state index is 5.40. The number of aryl methyl sites for hydroxylation is 4. The lowest BCUT2D eigenvalue weighted by atomic mass is 9.95. The van der Waals surface area contributed by atoms with E-state index in [1.807, 2.05) is 0 Å². The van der Waals surface area contributed by atoms with Crippen LogP contribution in [-0.2, 0) is 25.7 Å². The van der Waals surface area contributed by atoms with E-state index in [1.54, 1.807) is 0 Å². The van der Waals surface area contributed by atoms with E-state index in [0.29, 0.717) is 18.0 Å². The number of hydrogen-bond acceptors (Lipinski definition) is 2. The van der Waals surface area contributed by atoms with Crippen LogP contribution in [0, 0.1) is 23.7 Å². The first kappa shape index (κ1) is 27.1. The Bertz CT molecular complexity index is 1900. The summed E-state index contributed by atoms with van der Waals surface area (Å²) in [4.78, 5) is 10.7. The number of guanidine groups is 2. The van der Waals surface area contributed by atoms with Gasteiger partial charge >= 0.3 is 0 Å². The van der Waals surface area contributed by atoms with Crippen molar-refractivity contribution in [1.82, 2.24) is 16.2 Å². The van der Waals surface area contributed by atoms with Gasteiger partial charge in [-0.3, -0.25) is 10.9 Å². The molecule has 0 aromatic heterocycles. The van der Waals surface area contributed by atoms with Crippen LogP contribution in [0.4, 0.5) is 11.4 Å². The fraction of sp³-hybridized carbons (Fsp3) is 0.450. The molecule has 0 radical (unpaired) electrons. The van der Waals surface area contributed by atoms with Crippen LogP contribution in [0.15, 0.2) is 70.6 Å². The summed E-state index contributed by atoms with van der Waals surface area (Å²) in [6, 6.07) is 23.3. The molecular weight excluding hydrogens is 564 g/mol. The number of rotatable bonds is 4. The summed E-state index contributed by atoms with van der Waals surface area (Å²) in [5.41, 5.74) is 15.0. The molecule has 6 unspecified atom stereocenters. The molecule has 4 aromatic rings. The highest BCUT2D eigenvalue weighted by atomic mass is 15.5. The van der Waals surface area contributed by atoms with E-state index >= 15 is 0 Å². The summed E-state index contributed by atoms with van der Waals surface area (Å²) in [6.45, 7) is 0. The first-order chi connectivity index (χ1) is 22.7. The molecule has 0 aliphatic heterocycles. The molecule has 0 amide bonds. The number of benzene rings is 4. The van der Waals surface area contributed by atoms with Gasteiger partial charge < -0.3 is 10.6 Å². The van der Waals surface area contributed by atoms with E-state index in [1.165, 1.54) is 95.2 Å². The minimum atomic E-state index is 0.413. The Morgan fingerprint density at radius 1 is 0.587 bits per heavy atom. The van der Waals surface area contributed by atoms with Gasteiger partial charge in [0, 0.05) is 22.5 Å². The van der Waals surface area contributed by atoms with E-state index in [2.05, 4.69) is 82.1 Å². The maximum absolute atomic E-state index is 5.40. The molecule has 10 rings (SSSR count). The Balaban J connectivity index is 1.01. The van der Waals surface area contributed by atoms with Crippen LogP contribution in [0.3, 0.4) is 0 Å². The molecule has 6 aliphatic carbocycles. The van der Waals surface area contributed by atoms with Gasteiger partial charge in [0.15, 0.2) is 0 Å². The SMILES string of the molecule is c1cc2c3c(ccc(N=C(NNC(=NC4CC5CCC4C5)NC4CC5CCC4C5)Nc4ccc5c6c(cccc46)CC5)c3c1)CC2. The molecule has 4 aromatic carbocycles. The molecule has 4 bridgehead atoms. The zero-order chi connectivity index (χ0) is 30.2. The molecule has 46 heavy (non-hydrogen) atoms. The topological polar surface area (TPSA) is 72.8 Å². The number of hydrazine groups is 1. The summed E-state index contributed by atoms with van der Waals surface area (Å²) >= 11 is 0. The zero-order valence-electron chi connectivity index (χ0n) is 26.6. The predicted molar refractivity (Wildman–Crippen MR) is 189 cm³/mol. The second-order valence-corrected chi connectivity index (χ2v) is 15.2. The van der Waals surface area contributed by atoms with Crippen molar-refractivity contribution in [1.29, 1.82) is 0 Å². The summed E-state index contributed by atoms with van der Waals surface area (Å²) in [5, 5.41) is 12.9. The molecular formula is C40H44N6. The van der Waals surface area contributed by atoms with Gasteiger partial charge in [0.2, 0.25) is 11.9 Å². The van der Waals surface area contributed by atoms with Crippen molar-refractivity contribution in [3.8, 4) is 0 Å². The van der Waals surface area contributed by atoms with Crippen molar-refractivity contribution in [2.75, 3.05) is 5.32 Å². The first-order valence-corrected chi connectivity index (χ1v) is 18.0. The highest BCUT2D eigenvalue weighted by Gasteiger charge is 2.42. The fourth-order valence-corrected chi connectivity index (χ4v) is 10.4. The number of anilines is 1. The molecule has 4 N–H and O–H groups in total. The normalized spacial score (nSPS) is 29.0. The zero-order valence-corrected chi connectivity index (χ0v) is 26.6. The molecule has 6 aliphatic rings. The molecule has 0 saturated heterocycles. The third-order valence-corrected chi connectivity index (χ3v) is 12.6. The molecule has 6 heteroatoms. The van der Waals surface area contributed by atoms with E-state index in [4.69, 9.17) is 9.98 Å². The third-order valence-electron chi connectivity index (χ3n) is 12.6. The summed E-state index contributed by atoms with van der Waals surface area (Å²) in [7, 11) is 0. The van der Waals surface area contributed by atoms with Gasteiger partial charge in [-0.15, -0.1) is 0 Å². The minimum Gasteiger partial charge on any atom is -0.352 e. The lowest BCUT2D eigenvalue weighted by Crippen LogP contribution is -2.53. The Labute approximate surface area is 271 Å². The van der Waals surface area contributed by atoms with Gasteiger partial charge in [0.25, 0.3) is 0 Å². The average molecular weight is 609 g/mol. The third kappa shape index (κ3) is 4.58. The molecule has 4 saturated carbocycles. The monoisotopic (exact) mass is 608 g/mol. The molecule has 6 nitrogen and oxygen atoms in total. The van der Waals surface area contributed by atoms with Crippen molar-refractivity contribution in [2.45, 2.75) is 89.1 Å². The fourth-order valence-electron chi connectivity index (χ4n) is 10.4. The van der Waals surface area contributed by atoms with Crippen LogP contribution in [-0.4, -0.2) is 24.0 Å². The number of nitrogens with one attached hydrogen (secondary N) is 4. The van der Waals surface area contributed by atoms with Crippen molar-refractivity contribution >= 4 is 44.8 Å². The number of fused-ring (bicyclic) bond motifs is 4. The first-order valence-electron chi connectivity index (χ1n) is 18.0. The van der Waals surface area contributed by atoms with Crippen molar-refractivity contribution < 1.29 is 0 Å². The van der Waals surface area contributed by atoms with Gasteiger partial charge in [-0.1, -0.05) is 61.4 Å². The van der Waals surface area contributed by atoms with Crippen LogP contribution in [0.2, 0.25) is 0 Å². The van der Waals surface area contributed by atoms with Crippen molar-refractivity contribution in [2.24, 2.45) is 33.7 Å². The highest BCUT2D eigenvalue weighted by molar-refractivity contribution is 6.08. The van der Waals surface area contributed by atoms with E-state index in [0.717, 1.165) is 66.7 Å². The second-order valence-electron chi connectivity index (χ2n) is 15.2. The average Bonchev–Trinajstić information content (AvgIpc) is 3.94. The molecule has 0 spiro atoms. The lowest BCUT2D eigenvalue weighted by Gasteiger charge is -2.27. The Morgan fingerprint density at radius 3 is 1.93 bits per heavy atom. The van der Waals surface area contributed by atoms with Gasteiger partial charge in [0.05, 0.1) is 11.7 Å². The molecule has 234 valence electrons. The highest BCUT2D eigenvalue weighted by Crippen LogP contribution is 2.47. The van der Waals surface area contributed by atoms with Crippen molar-refractivity contribution in [3.05, 3.63) is 82.9 Å². The van der Waals surface area contributed by atoms with Gasteiger partial charge in [-0.2, -0.15) is 0 Å². The van der Waals surface area contributed by atoms with Gasteiger partial charge in [0.1, 0.15) is 0 Å². The maximum Gasteiger partial charge on any atom is 0.220 e. The minimum absolute atomic E-state index is 0.413. The number of nitrogens with zero attached hydrogens (tertiary/aromatic N) is 2. The molecule has 6 atom stereocenters. The van der Waals surface area contributed by atoms with Crippen LogP contribution in [0.25, 0.3) is 21.5 Å². The predicted octanol–water partition coefficient (Wildman–Crippen LogP) is 7.71. The van der Waals surface area contributed by atoms with Crippen LogP contribution < -0.4 is 21.5 Å². The van der Waals surface area contributed by atoms with Crippen molar-refractivity contribution in [3.63, 3.8) is 0 Å². The molecule has 4 fully saturated rings. The van der Waals surface area contributed by atoms with E-state index in [9.17, 15) is 0 Å². The lowest BCUT2D eigenvalue weighted by molar-refractivity contribution is 0.381. The Kier molecular flexibility index (Phi) is 6.33. The Hall–Kier alpha value is -4.06. The van der Waals surface area contributed by atoms with E-state index in [-0.39, 0.29) is 0 Å². The summed E-state index contributed by atoms with van der Waals surface area (Å²) in [6.07, 6.45) is 15.2. The van der Waals surface area contributed by atoms with E-state index < -0.39 is 0 Å². The molecule has 0 heterocycles. The summed E-state index contributed by atoms with van der Waals surface area (Å²) < 4.78 is 0. The van der Waals surface area contributed by atoms with Crippen LogP contribution in [0.1, 0.15) is 73.6 Å². The van der Waals surface area contributed by atoms with Gasteiger partial charge in [-0.25, -0.2) is 9.98 Å². The van der Waals surface area contributed by atoms with Crippen LogP contribution in [0.5, 0.6) is 0 Å². The van der Waals surface area contributed by atoms with Gasteiger partial charge in [-0.05, 0) is 133 Å². The Morgan fingerprint density at radius 2 is 1.24 bits per heavy atom. The standard InChI is InChI=1S/C40H44N6/c1-3-25-11-13-27-15-17-33(31(5-1)37(25)27)41-39(42-34-18-16-28-14-12-26-4-2-6-32(34)38(26)28)45-46-40(43-35-21-23-7-9-29(35)19-23)44-36-22-24-8-10-30(36)20-24/h1-6,15-18,23-24,29-30,35-36H,7-14,19-22H2,(H2,41,42,45)(H2,43,44,46). The van der Waals surface area contributed by atoms with Crippen LogP contribution >= 0.6 is 0 Å². The summed E-state index contributed by atoms with van der Waals surface area (Å²) in [5.74, 6) is 4.83. The number of aliphatic imine (C=N–C) groups is 2. The quantitative estimate of drug-likeness (QED) is 0.109.